The van der Waals surface area contributed by atoms with Crippen LogP contribution in [-0.2, 0) is 12.8 Å². The van der Waals surface area contributed by atoms with Crippen molar-refractivity contribution >= 4 is 5.91 Å². The van der Waals surface area contributed by atoms with Crippen molar-refractivity contribution < 1.29 is 4.79 Å². The van der Waals surface area contributed by atoms with E-state index in [4.69, 9.17) is 5.73 Å². The van der Waals surface area contributed by atoms with Crippen LogP contribution in [0.25, 0.3) is 0 Å². The van der Waals surface area contributed by atoms with E-state index in [9.17, 15) is 4.79 Å². The zero-order chi connectivity index (χ0) is 14.0. The number of hydrogen-bond donors (Lipinski definition) is 2. The van der Waals surface area contributed by atoms with Crippen molar-refractivity contribution in [1.29, 1.82) is 0 Å². The number of hydrogen-bond acceptors (Lipinski definition) is 2. The molecule has 3 rings (SSSR count). The number of nitrogens with two attached hydrogens (primary N) is 1. The Morgan fingerprint density at radius 1 is 1.10 bits per heavy atom. The van der Waals surface area contributed by atoms with Gasteiger partial charge >= 0.3 is 0 Å². The van der Waals surface area contributed by atoms with Crippen LogP contribution in [0.1, 0.15) is 60.0 Å². The highest BCUT2D eigenvalue weighted by molar-refractivity contribution is 5.95. The summed E-state index contributed by atoms with van der Waals surface area (Å²) < 4.78 is 0. The van der Waals surface area contributed by atoms with Gasteiger partial charge in [0.15, 0.2) is 0 Å². The molecule has 3 heteroatoms. The number of amides is 1. The largest absolute Gasteiger partial charge is 0.345 e. The monoisotopic (exact) mass is 272 g/mol. The van der Waals surface area contributed by atoms with Gasteiger partial charge in [-0.2, -0.15) is 0 Å². The van der Waals surface area contributed by atoms with E-state index in [2.05, 4.69) is 17.4 Å². The highest BCUT2D eigenvalue weighted by atomic mass is 16.1. The van der Waals surface area contributed by atoms with E-state index in [1.165, 1.54) is 36.8 Å². The molecule has 0 spiro atoms. The van der Waals surface area contributed by atoms with Crippen molar-refractivity contribution in [3.63, 3.8) is 0 Å². The average molecular weight is 272 g/mol. The topological polar surface area (TPSA) is 55.1 Å². The number of rotatable bonds is 3. The minimum absolute atomic E-state index is 0.0482. The molecule has 20 heavy (non-hydrogen) atoms. The summed E-state index contributed by atoms with van der Waals surface area (Å²) >= 11 is 0. The molecule has 1 saturated carbocycles. The van der Waals surface area contributed by atoms with E-state index in [0.717, 1.165) is 31.2 Å². The van der Waals surface area contributed by atoms with Gasteiger partial charge in [-0.1, -0.05) is 25.3 Å². The van der Waals surface area contributed by atoms with E-state index < -0.39 is 0 Å². The Kier molecular flexibility index (Phi) is 3.79. The average Bonchev–Trinajstić information content (AvgIpc) is 2.95. The first-order valence-corrected chi connectivity index (χ1v) is 7.87. The third-order valence-electron chi connectivity index (χ3n) is 4.94. The van der Waals surface area contributed by atoms with Crippen molar-refractivity contribution in [2.75, 3.05) is 6.54 Å². The lowest BCUT2D eigenvalue weighted by molar-refractivity contribution is 0.0874. The van der Waals surface area contributed by atoms with Crippen molar-refractivity contribution in [1.82, 2.24) is 5.32 Å². The van der Waals surface area contributed by atoms with E-state index in [1.54, 1.807) is 0 Å². The predicted octanol–water partition coefficient (Wildman–Crippen LogP) is 2.57. The minimum atomic E-state index is -0.172. The highest BCUT2D eigenvalue weighted by Gasteiger charge is 2.32. The summed E-state index contributed by atoms with van der Waals surface area (Å²) in [4.78, 5) is 12.5. The molecule has 0 aliphatic heterocycles. The molecular weight excluding hydrogens is 248 g/mol. The van der Waals surface area contributed by atoms with Gasteiger partial charge in [-0.3, -0.25) is 4.79 Å². The fraction of sp³-hybridized carbons (Fsp3) is 0.588. The summed E-state index contributed by atoms with van der Waals surface area (Å²) in [7, 11) is 0. The van der Waals surface area contributed by atoms with Gasteiger partial charge in [0, 0.05) is 12.1 Å². The number of aryl methyl sites for hydroxylation is 2. The highest BCUT2D eigenvalue weighted by Crippen LogP contribution is 2.28. The molecule has 0 unspecified atom stereocenters. The van der Waals surface area contributed by atoms with Crippen LogP contribution in [0.15, 0.2) is 18.2 Å². The second kappa shape index (κ2) is 5.57. The van der Waals surface area contributed by atoms with E-state index in [0.29, 0.717) is 6.54 Å². The van der Waals surface area contributed by atoms with Crippen LogP contribution in [0.3, 0.4) is 0 Å². The maximum atomic E-state index is 12.5. The molecule has 108 valence electrons. The van der Waals surface area contributed by atoms with Gasteiger partial charge in [0.1, 0.15) is 0 Å². The molecule has 1 amide bonds. The third-order valence-corrected chi connectivity index (χ3v) is 4.94. The number of carbonyl (C=O) groups is 1. The summed E-state index contributed by atoms with van der Waals surface area (Å²) in [5.74, 6) is 0.0482. The second-order valence-corrected chi connectivity index (χ2v) is 6.34. The van der Waals surface area contributed by atoms with Crippen LogP contribution >= 0.6 is 0 Å². The molecule has 3 N–H and O–H groups in total. The van der Waals surface area contributed by atoms with Crippen LogP contribution in [0, 0.1) is 0 Å². The summed E-state index contributed by atoms with van der Waals surface area (Å²) in [5, 5.41) is 3.23. The minimum Gasteiger partial charge on any atom is -0.345 e. The van der Waals surface area contributed by atoms with Crippen LogP contribution in [0.5, 0.6) is 0 Å². The summed E-state index contributed by atoms with van der Waals surface area (Å²) in [5.41, 5.74) is 9.32. The molecule has 0 atom stereocenters. The van der Waals surface area contributed by atoms with Crippen LogP contribution in [0.4, 0.5) is 0 Å². The second-order valence-electron chi connectivity index (χ2n) is 6.34. The van der Waals surface area contributed by atoms with Crippen molar-refractivity contribution in [2.24, 2.45) is 5.73 Å². The SMILES string of the molecule is NCC1(NC(=O)c2ccc3c(c2)CCC3)CCCCC1. The summed E-state index contributed by atoms with van der Waals surface area (Å²) in [6, 6.07) is 6.16. The fourth-order valence-electron chi connectivity index (χ4n) is 3.63. The van der Waals surface area contributed by atoms with E-state index >= 15 is 0 Å². The molecule has 0 heterocycles. The Hall–Kier alpha value is -1.35. The standard InChI is InChI=1S/C17H24N2O/c18-12-17(9-2-1-3-10-17)19-16(20)15-8-7-13-5-4-6-14(13)11-15/h7-8,11H,1-6,9-10,12,18H2,(H,19,20). The molecule has 2 aliphatic rings. The van der Waals surface area contributed by atoms with Gasteiger partial charge in [-0.25, -0.2) is 0 Å². The molecule has 3 nitrogen and oxygen atoms in total. The maximum Gasteiger partial charge on any atom is 0.251 e. The fourth-order valence-corrected chi connectivity index (χ4v) is 3.63. The van der Waals surface area contributed by atoms with Crippen LogP contribution in [-0.4, -0.2) is 18.0 Å². The quantitative estimate of drug-likeness (QED) is 0.888. The molecule has 0 radical (unpaired) electrons. The molecule has 1 aromatic rings. The number of carbonyl (C=O) groups excluding carboxylic acids is 1. The molecule has 0 saturated heterocycles. The lowest BCUT2D eigenvalue weighted by Gasteiger charge is -2.37. The van der Waals surface area contributed by atoms with Gasteiger partial charge < -0.3 is 11.1 Å². The molecule has 0 aromatic heterocycles. The zero-order valence-electron chi connectivity index (χ0n) is 12.1. The Morgan fingerprint density at radius 3 is 2.60 bits per heavy atom. The molecule has 2 aliphatic carbocycles. The maximum absolute atomic E-state index is 12.5. The van der Waals surface area contributed by atoms with Gasteiger partial charge in [-0.15, -0.1) is 0 Å². The van der Waals surface area contributed by atoms with Crippen LogP contribution in [0.2, 0.25) is 0 Å². The predicted molar refractivity (Wildman–Crippen MR) is 80.8 cm³/mol. The van der Waals surface area contributed by atoms with E-state index in [1.807, 2.05) is 6.07 Å². The van der Waals surface area contributed by atoms with Crippen molar-refractivity contribution in [3.05, 3.63) is 34.9 Å². The van der Waals surface area contributed by atoms with Gasteiger partial charge in [0.25, 0.3) is 5.91 Å². The third kappa shape index (κ3) is 2.59. The Labute approximate surface area is 120 Å². The Morgan fingerprint density at radius 2 is 1.85 bits per heavy atom. The van der Waals surface area contributed by atoms with Crippen molar-refractivity contribution in [3.8, 4) is 0 Å². The van der Waals surface area contributed by atoms with E-state index in [-0.39, 0.29) is 11.4 Å². The summed E-state index contributed by atoms with van der Waals surface area (Å²) in [6.07, 6.45) is 9.11. The molecule has 1 aromatic carbocycles. The van der Waals surface area contributed by atoms with Gasteiger partial charge in [0.2, 0.25) is 0 Å². The lowest BCUT2D eigenvalue weighted by atomic mass is 9.81. The molecule has 1 fully saturated rings. The first kappa shape index (κ1) is 13.6. The van der Waals surface area contributed by atoms with Gasteiger partial charge in [-0.05, 0) is 55.4 Å². The molecular formula is C17H24N2O. The number of nitrogens with one attached hydrogen (secondary N) is 1. The molecule has 0 bridgehead atoms. The van der Waals surface area contributed by atoms with Crippen LogP contribution < -0.4 is 11.1 Å². The normalized spacial score (nSPS) is 20.4. The van der Waals surface area contributed by atoms with Gasteiger partial charge in [0.05, 0.1) is 5.54 Å². The first-order chi connectivity index (χ1) is 9.72. The Balaban J connectivity index is 1.75. The van der Waals surface area contributed by atoms with Crippen molar-refractivity contribution in [2.45, 2.75) is 56.9 Å². The Bertz CT molecular complexity index is 504. The number of benzene rings is 1. The first-order valence-electron chi connectivity index (χ1n) is 7.87. The smallest absolute Gasteiger partial charge is 0.251 e. The number of fused-ring (bicyclic) bond motifs is 1. The summed E-state index contributed by atoms with van der Waals surface area (Å²) in [6.45, 7) is 0.545. The zero-order valence-corrected chi connectivity index (χ0v) is 12.1. The lowest BCUT2D eigenvalue weighted by Crippen LogP contribution is -2.54.